The number of rotatable bonds is 4. The Kier molecular flexibility index (Phi) is 3.09. The lowest BCUT2D eigenvalue weighted by Crippen LogP contribution is -2.05. The van der Waals surface area contributed by atoms with E-state index in [4.69, 9.17) is 0 Å². The molecule has 0 aliphatic heterocycles. The predicted molar refractivity (Wildman–Crippen MR) is 58.4 cm³/mol. The number of aromatic amines is 1. The van der Waals surface area contributed by atoms with Crippen molar-refractivity contribution in [3.8, 4) is 0 Å². The molecule has 4 heteroatoms. The van der Waals surface area contributed by atoms with Crippen molar-refractivity contribution in [2.24, 2.45) is 0 Å². The second kappa shape index (κ2) is 4.70. The molecule has 0 radical (unpaired) electrons. The molecule has 4 nitrogen and oxygen atoms in total. The molecule has 0 fully saturated rings. The Bertz CT molecular complexity index is 408. The van der Waals surface area contributed by atoms with E-state index in [1.54, 1.807) is 6.20 Å². The zero-order valence-electron chi connectivity index (χ0n) is 8.70. The van der Waals surface area contributed by atoms with Crippen molar-refractivity contribution in [3.05, 3.63) is 47.8 Å². The number of nitrogens with one attached hydrogen (secondary N) is 2. The summed E-state index contributed by atoms with van der Waals surface area (Å²) in [4.78, 5) is 11.8. The van der Waals surface area contributed by atoms with Crippen LogP contribution in [0.2, 0.25) is 0 Å². The predicted octanol–water partition coefficient (Wildman–Crippen LogP) is 1.11. The molecule has 0 amide bonds. The van der Waals surface area contributed by atoms with Gasteiger partial charge < -0.3 is 10.3 Å². The van der Waals surface area contributed by atoms with Gasteiger partial charge >= 0.3 is 0 Å². The normalized spacial score (nSPS) is 10.5. The maximum atomic E-state index is 4.29. The summed E-state index contributed by atoms with van der Waals surface area (Å²) < 4.78 is 0. The first kappa shape index (κ1) is 9.86. The molecule has 0 unspecified atom stereocenters. The molecule has 2 aromatic heterocycles. The van der Waals surface area contributed by atoms with Gasteiger partial charge in [-0.3, -0.25) is 4.98 Å². The number of hydrogen-bond acceptors (Lipinski definition) is 3. The first-order chi connectivity index (χ1) is 7.38. The van der Waals surface area contributed by atoms with E-state index < -0.39 is 0 Å². The second-order valence-electron chi connectivity index (χ2n) is 3.38. The van der Waals surface area contributed by atoms with Gasteiger partial charge in [0.15, 0.2) is 0 Å². The van der Waals surface area contributed by atoms with Crippen LogP contribution in [0.4, 0.5) is 0 Å². The van der Waals surface area contributed by atoms with Crippen LogP contribution in [0.25, 0.3) is 0 Å². The van der Waals surface area contributed by atoms with E-state index in [-0.39, 0.29) is 0 Å². The minimum Gasteiger partial charge on any atom is -0.344 e. The lowest BCUT2D eigenvalue weighted by Gasteiger charge is -1.96. The number of aromatic nitrogens is 3. The Hall–Kier alpha value is -1.68. The van der Waals surface area contributed by atoms with Crippen molar-refractivity contribution in [2.75, 3.05) is 7.05 Å². The van der Waals surface area contributed by atoms with Crippen LogP contribution in [0.5, 0.6) is 0 Å². The van der Waals surface area contributed by atoms with Crippen LogP contribution in [0.1, 0.15) is 17.2 Å². The van der Waals surface area contributed by atoms with E-state index in [2.05, 4.69) is 20.3 Å². The Morgan fingerprint density at radius 3 is 3.00 bits per heavy atom. The van der Waals surface area contributed by atoms with Crippen molar-refractivity contribution < 1.29 is 0 Å². The minimum absolute atomic E-state index is 0.755. The molecule has 78 valence electrons. The first-order valence-electron chi connectivity index (χ1n) is 4.96. The quantitative estimate of drug-likeness (QED) is 0.781. The topological polar surface area (TPSA) is 53.6 Å². The van der Waals surface area contributed by atoms with E-state index in [0.717, 1.165) is 30.2 Å². The summed E-state index contributed by atoms with van der Waals surface area (Å²) in [6.07, 6.45) is 4.41. The van der Waals surface area contributed by atoms with Gasteiger partial charge in [-0.25, -0.2) is 4.98 Å². The molecular formula is C11H14N4. The number of H-pyrrole nitrogens is 1. The Morgan fingerprint density at radius 2 is 2.27 bits per heavy atom. The molecule has 2 rings (SSSR count). The lowest BCUT2D eigenvalue weighted by molar-refractivity contribution is 0.792. The molecule has 0 spiro atoms. The number of imidazole rings is 1. The monoisotopic (exact) mass is 202 g/mol. The third-order valence-electron chi connectivity index (χ3n) is 2.12. The molecule has 0 bridgehead atoms. The SMILES string of the molecule is CNCc1cnc(Cc2ccccn2)[nH]1. The van der Waals surface area contributed by atoms with Gasteiger partial charge in [0.1, 0.15) is 5.82 Å². The summed E-state index contributed by atoms with van der Waals surface area (Å²) in [6.45, 7) is 0.815. The standard InChI is InChI=1S/C11H14N4/c1-12-7-10-8-14-11(15-10)6-9-4-2-3-5-13-9/h2-5,8,12H,6-7H2,1H3,(H,14,15). The van der Waals surface area contributed by atoms with Crippen LogP contribution >= 0.6 is 0 Å². The van der Waals surface area contributed by atoms with Gasteiger partial charge in [0.05, 0.1) is 0 Å². The van der Waals surface area contributed by atoms with Crippen LogP contribution in [-0.2, 0) is 13.0 Å². The third kappa shape index (κ3) is 2.63. The smallest absolute Gasteiger partial charge is 0.112 e. The molecule has 0 aliphatic rings. The summed E-state index contributed by atoms with van der Waals surface area (Å²) >= 11 is 0. The van der Waals surface area contributed by atoms with Gasteiger partial charge in [0.25, 0.3) is 0 Å². The number of nitrogens with zero attached hydrogens (tertiary/aromatic N) is 2. The van der Waals surface area contributed by atoms with Crippen LogP contribution in [0.3, 0.4) is 0 Å². The summed E-state index contributed by atoms with van der Waals surface area (Å²) in [5.74, 6) is 0.957. The van der Waals surface area contributed by atoms with Gasteiger partial charge in [0, 0.05) is 36.7 Å². The fraction of sp³-hybridized carbons (Fsp3) is 0.273. The molecule has 15 heavy (non-hydrogen) atoms. The largest absolute Gasteiger partial charge is 0.344 e. The Morgan fingerprint density at radius 1 is 1.33 bits per heavy atom. The molecule has 0 saturated heterocycles. The van der Waals surface area contributed by atoms with Crippen molar-refractivity contribution in [1.82, 2.24) is 20.3 Å². The van der Waals surface area contributed by atoms with Gasteiger partial charge in [-0.15, -0.1) is 0 Å². The Labute approximate surface area is 88.8 Å². The summed E-state index contributed by atoms with van der Waals surface area (Å²) in [5.41, 5.74) is 2.13. The van der Waals surface area contributed by atoms with Crippen molar-refractivity contribution in [1.29, 1.82) is 0 Å². The molecule has 2 aromatic rings. The highest BCUT2D eigenvalue weighted by molar-refractivity contribution is 5.11. The van der Waals surface area contributed by atoms with E-state index in [1.165, 1.54) is 0 Å². The lowest BCUT2D eigenvalue weighted by atomic mass is 10.2. The Balaban J connectivity index is 2.05. The van der Waals surface area contributed by atoms with Crippen molar-refractivity contribution in [3.63, 3.8) is 0 Å². The van der Waals surface area contributed by atoms with Gasteiger partial charge in [-0.05, 0) is 19.2 Å². The third-order valence-corrected chi connectivity index (χ3v) is 2.12. The average Bonchev–Trinajstić information content (AvgIpc) is 2.68. The fourth-order valence-electron chi connectivity index (χ4n) is 1.45. The highest BCUT2D eigenvalue weighted by Gasteiger charge is 2.01. The molecule has 0 aromatic carbocycles. The van der Waals surface area contributed by atoms with E-state index in [1.807, 2.05) is 31.4 Å². The minimum atomic E-state index is 0.755. The van der Waals surface area contributed by atoms with Crippen molar-refractivity contribution in [2.45, 2.75) is 13.0 Å². The number of pyridine rings is 1. The van der Waals surface area contributed by atoms with Crippen LogP contribution in [-0.4, -0.2) is 22.0 Å². The van der Waals surface area contributed by atoms with Crippen molar-refractivity contribution >= 4 is 0 Å². The zero-order chi connectivity index (χ0) is 10.5. The van der Waals surface area contributed by atoms with E-state index in [9.17, 15) is 0 Å². The number of hydrogen-bond donors (Lipinski definition) is 2. The first-order valence-corrected chi connectivity index (χ1v) is 4.96. The molecule has 2 heterocycles. The molecule has 2 N–H and O–H groups in total. The second-order valence-corrected chi connectivity index (χ2v) is 3.38. The molecular weight excluding hydrogens is 188 g/mol. The highest BCUT2D eigenvalue weighted by atomic mass is 14.9. The molecule has 0 saturated carbocycles. The van der Waals surface area contributed by atoms with Crippen LogP contribution in [0, 0.1) is 0 Å². The summed E-state index contributed by atoms with van der Waals surface area (Å²) in [5, 5.41) is 3.07. The van der Waals surface area contributed by atoms with Gasteiger partial charge in [0.2, 0.25) is 0 Å². The fourth-order valence-corrected chi connectivity index (χ4v) is 1.45. The van der Waals surface area contributed by atoms with Crippen LogP contribution in [0.15, 0.2) is 30.6 Å². The molecule has 0 aliphatic carbocycles. The van der Waals surface area contributed by atoms with E-state index >= 15 is 0 Å². The van der Waals surface area contributed by atoms with E-state index in [0.29, 0.717) is 0 Å². The van der Waals surface area contributed by atoms with Crippen LogP contribution < -0.4 is 5.32 Å². The zero-order valence-corrected chi connectivity index (χ0v) is 8.70. The summed E-state index contributed by atoms with van der Waals surface area (Å²) in [7, 11) is 1.92. The maximum Gasteiger partial charge on any atom is 0.112 e. The highest BCUT2D eigenvalue weighted by Crippen LogP contribution is 2.03. The molecule has 0 atom stereocenters. The maximum absolute atomic E-state index is 4.29. The van der Waals surface area contributed by atoms with Gasteiger partial charge in [-0.1, -0.05) is 6.07 Å². The summed E-state index contributed by atoms with van der Waals surface area (Å²) in [6, 6.07) is 5.90. The van der Waals surface area contributed by atoms with Gasteiger partial charge in [-0.2, -0.15) is 0 Å². The average molecular weight is 202 g/mol.